The number of hydrogen-bond donors (Lipinski definition) is 2. The number of aromatic hydroxyl groups is 1. The van der Waals surface area contributed by atoms with Crippen molar-refractivity contribution in [3.63, 3.8) is 0 Å². The second kappa shape index (κ2) is 11.8. The van der Waals surface area contributed by atoms with Gasteiger partial charge in [-0.15, -0.1) is 0 Å². The predicted molar refractivity (Wildman–Crippen MR) is 137 cm³/mol. The molecule has 2 N–H and O–H groups in total. The lowest BCUT2D eigenvalue weighted by atomic mass is 9.86. The highest BCUT2D eigenvalue weighted by Crippen LogP contribution is 2.35. The molecule has 1 heterocycles. The fourth-order valence-electron chi connectivity index (χ4n) is 3.99. The van der Waals surface area contributed by atoms with Crippen molar-refractivity contribution in [1.29, 1.82) is 0 Å². The Labute approximate surface area is 212 Å². The summed E-state index contributed by atoms with van der Waals surface area (Å²) in [4.78, 5) is 26.6. The van der Waals surface area contributed by atoms with E-state index >= 15 is 0 Å². The van der Waals surface area contributed by atoms with Gasteiger partial charge in [0.15, 0.2) is 0 Å². The molecule has 2 aromatic rings. The number of nitrogens with one attached hydrogen (secondary N) is 1. The molecule has 0 aliphatic carbocycles. The van der Waals surface area contributed by atoms with Crippen LogP contribution in [-0.2, 0) is 21.5 Å². The summed E-state index contributed by atoms with van der Waals surface area (Å²) in [7, 11) is 0. The van der Waals surface area contributed by atoms with Gasteiger partial charge in [0.25, 0.3) is 0 Å². The number of carbonyl (C=O) groups excluding carboxylic acids is 2. The van der Waals surface area contributed by atoms with Crippen LogP contribution in [0.2, 0.25) is 5.02 Å². The lowest BCUT2D eigenvalue weighted by molar-refractivity contribution is -0.131. The molecule has 0 unspecified atom stereocenters. The summed E-state index contributed by atoms with van der Waals surface area (Å²) in [6, 6.07) is 8.54. The second-order valence-electron chi connectivity index (χ2n) is 9.91. The first kappa shape index (κ1) is 26.8. The van der Waals surface area contributed by atoms with Crippen LogP contribution in [0.4, 0.5) is 5.69 Å². The number of halogens is 1. The molecule has 1 saturated heterocycles. The third-order valence-corrected chi connectivity index (χ3v) is 6.32. The number of esters is 2. The Balaban J connectivity index is 1.71. The van der Waals surface area contributed by atoms with E-state index in [1.54, 1.807) is 24.3 Å². The zero-order chi connectivity index (χ0) is 25.6. The van der Waals surface area contributed by atoms with Crippen molar-refractivity contribution >= 4 is 29.2 Å². The molecule has 0 spiro atoms. The first-order chi connectivity index (χ1) is 16.5. The zero-order valence-corrected chi connectivity index (χ0v) is 21.7. The van der Waals surface area contributed by atoms with Gasteiger partial charge >= 0.3 is 11.9 Å². The number of anilines is 1. The first-order valence-electron chi connectivity index (χ1n) is 12.0. The number of rotatable bonds is 8. The van der Waals surface area contributed by atoms with Crippen LogP contribution in [0.3, 0.4) is 0 Å². The van der Waals surface area contributed by atoms with Crippen molar-refractivity contribution in [3.8, 4) is 11.5 Å². The average molecular weight is 503 g/mol. The van der Waals surface area contributed by atoms with Gasteiger partial charge in [0.05, 0.1) is 5.02 Å². The number of phenols is 1. The van der Waals surface area contributed by atoms with Crippen molar-refractivity contribution in [3.05, 3.63) is 52.0 Å². The molecule has 7 nitrogen and oxygen atoms in total. The van der Waals surface area contributed by atoms with Crippen LogP contribution in [0.25, 0.3) is 0 Å². The number of phenolic OH excluding ortho intramolecular Hbond substituents is 1. The van der Waals surface area contributed by atoms with Crippen LogP contribution in [0.5, 0.6) is 11.5 Å². The Morgan fingerprint density at radius 2 is 1.83 bits per heavy atom. The van der Waals surface area contributed by atoms with Crippen molar-refractivity contribution in [2.75, 3.05) is 31.6 Å². The number of piperidine rings is 1. The summed E-state index contributed by atoms with van der Waals surface area (Å²) < 4.78 is 10.8. The van der Waals surface area contributed by atoms with E-state index in [1.807, 2.05) is 6.07 Å². The standard InChI is InChI=1S/C27H35ClN2O5/c1-18(31)35-24-16-21(29-17-19-14-20(27(2,3)4)15-23(28)25(19)32)8-9-22(24)26(33)34-13-12-30-10-6-5-7-11-30/h8-9,14-16,29,32H,5-7,10-13,17H2,1-4H3. The Bertz CT molecular complexity index is 1060. The maximum Gasteiger partial charge on any atom is 0.341 e. The van der Waals surface area contributed by atoms with Gasteiger partial charge in [-0.2, -0.15) is 0 Å². The fourth-order valence-corrected chi connectivity index (χ4v) is 4.23. The molecule has 0 bridgehead atoms. The van der Waals surface area contributed by atoms with E-state index < -0.39 is 11.9 Å². The molecule has 0 saturated carbocycles. The van der Waals surface area contributed by atoms with E-state index in [0.717, 1.165) is 18.7 Å². The number of nitrogens with zero attached hydrogens (tertiary/aromatic N) is 1. The summed E-state index contributed by atoms with van der Waals surface area (Å²) in [5.41, 5.74) is 2.30. The highest BCUT2D eigenvalue weighted by Gasteiger charge is 2.20. The van der Waals surface area contributed by atoms with Gasteiger partial charge in [-0.3, -0.25) is 9.69 Å². The second-order valence-corrected chi connectivity index (χ2v) is 10.3. The first-order valence-corrected chi connectivity index (χ1v) is 12.4. The number of benzene rings is 2. The Kier molecular flexibility index (Phi) is 9.03. The molecule has 2 aromatic carbocycles. The summed E-state index contributed by atoms with van der Waals surface area (Å²) in [5.74, 6) is -0.934. The molecule has 1 aliphatic rings. The molecular formula is C27H35ClN2O5. The van der Waals surface area contributed by atoms with E-state index in [-0.39, 0.29) is 40.7 Å². The minimum absolute atomic E-state index is 0.0151. The smallest absolute Gasteiger partial charge is 0.341 e. The lowest BCUT2D eigenvalue weighted by Gasteiger charge is -2.25. The average Bonchev–Trinajstić information content (AvgIpc) is 2.79. The Hall–Kier alpha value is -2.77. The van der Waals surface area contributed by atoms with E-state index in [2.05, 4.69) is 31.0 Å². The van der Waals surface area contributed by atoms with Crippen molar-refractivity contribution in [2.45, 2.75) is 58.9 Å². The summed E-state index contributed by atoms with van der Waals surface area (Å²) >= 11 is 6.25. The molecular weight excluding hydrogens is 468 g/mol. The third-order valence-electron chi connectivity index (χ3n) is 6.04. The van der Waals surface area contributed by atoms with Crippen molar-refractivity contribution in [1.82, 2.24) is 4.90 Å². The van der Waals surface area contributed by atoms with E-state index in [0.29, 0.717) is 17.8 Å². The SMILES string of the molecule is CC(=O)Oc1cc(NCc2cc(C(C)(C)C)cc(Cl)c2O)ccc1C(=O)OCCN1CCCCC1. The van der Waals surface area contributed by atoms with Crippen LogP contribution in [0.1, 0.15) is 68.4 Å². The Morgan fingerprint density at radius 1 is 1.11 bits per heavy atom. The normalized spacial score (nSPS) is 14.4. The molecule has 35 heavy (non-hydrogen) atoms. The zero-order valence-electron chi connectivity index (χ0n) is 20.9. The molecule has 0 atom stereocenters. The highest BCUT2D eigenvalue weighted by atomic mass is 35.5. The van der Waals surface area contributed by atoms with Gasteiger partial charge < -0.3 is 19.9 Å². The third kappa shape index (κ3) is 7.61. The highest BCUT2D eigenvalue weighted by molar-refractivity contribution is 6.32. The van der Waals surface area contributed by atoms with Gasteiger partial charge in [0, 0.05) is 37.3 Å². The molecule has 8 heteroatoms. The maximum absolute atomic E-state index is 12.7. The molecule has 0 amide bonds. The van der Waals surface area contributed by atoms with E-state index in [4.69, 9.17) is 21.1 Å². The summed E-state index contributed by atoms with van der Waals surface area (Å²) in [5, 5.41) is 13.9. The van der Waals surface area contributed by atoms with Crippen LogP contribution < -0.4 is 10.1 Å². The number of carbonyl (C=O) groups is 2. The molecule has 1 fully saturated rings. The maximum atomic E-state index is 12.7. The van der Waals surface area contributed by atoms with Crippen LogP contribution in [-0.4, -0.2) is 48.2 Å². The van der Waals surface area contributed by atoms with Crippen LogP contribution in [0, 0.1) is 0 Å². The monoisotopic (exact) mass is 502 g/mol. The van der Waals surface area contributed by atoms with Crippen molar-refractivity contribution in [2.24, 2.45) is 0 Å². The van der Waals surface area contributed by atoms with Gasteiger partial charge in [0.1, 0.15) is 23.7 Å². The molecule has 190 valence electrons. The van der Waals surface area contributed by atoms with Gasteiger partial charge in [0.2, 0.25) is 0 Å². The Morgan fingerprint density at radius 3 is 2.49 bits per heavy atom. The molecule has 0 aromatic heterocycles. The van der Waals surface area contributed by atoms with Crippen molar-refractivity contribution < 1.29 is 24.2 Å². The minimum atomic E-state index is -0.535. The predicted octanol–water partition coefficient (Wildman–Crippen LogP) is 5.52. The van der Waals surface area contributed by atoms with E-state index in [1.165, 1.54) is 26.2 Å². The minimum Gasteiger partial charge on any atom is -0.506 e. The largest absolute Gasteiger partial charge is 0.506 e. The van der Waals surface area contributed by atoms with Gasteiger partial charge in [-0.1, -0.05) is 38.8 Å². The van der Waals surface area contributed by atoms with E-state index in [9.17, 15) is 14.7 Å². The number of likely N-dealkylation sites (tertiary alicyclic amines) is 1. The summed E-state index contributed by atoms with van der Waals surface area (Å²) in [6.07, 6.45) is 3.59. The molecule has 0 radical (unpaired) electrons. The number of hydrogen-bond acceptors (Lipinski definition) is 7. The topological polar surface area (TPSA) is 88.1 Å². The van der Waals surface area contributed by atoms with Gasteiger partial charge in [-0.25, -0.2) is 4.79 Å². The fraction of sp³-hybridized carbons (Fsp3) is 0.481. The van der Waals surface area contributed by atoms with Gasteiger partial charge in [-0.05, 0) is 61.2 Å². The molecule has 3 rings (SSSR count). The lowest BCUT2D eigenvalue weighted by Crippen LogP contribution is -2.33. The summed E-state index contributed by atoms with van der Waals surface area (Å²) in [6.45, 7) is 10.8. The van der Waals surface area contributed by atoms with Crippen LogP contribution in [0.15, 0.2) is 30.3 Å². The molecule has 1 aliphatic heterocycles. The van der Waals surface area contributed by atoms with Crippen LogP contribution >= 0.6 is 11.6 Å². The quantitative estimate of drug-likeness (QED) is 0.362. The number of ether oxygens (including phenoxy) is 2.